The van der Waals surface area contributed by atoms with Crippen LogP contribution in [0.5, 0.6) is 0 Å². The Morgan fingerprint density at radius 2 is 1.50 bits per heavy atom. The first-order valence-corrected chi connectivity index (χ1v) is 12.0. The van der Waals surface area contributed by atoms with Crippen LogP contribution in [0.25, 0.3) is 10.9 Å². The summed E-state index contributed by atoms with van der Waals surface area (Å²) in [4.78, 5) is 9.24. The van der Waals surface area contributed by atoms with Gasteiger partial charge in [-0.05, 0) is 55.1 Å². The van der Waals surface area contributed by atoms with Crippen LogP contribution < -0.4 is 0 Å². The zero-order valence-electron chi connectivity index (χ0n) is 18.6. The lowest BCUT2D eigenvalue weighted by Crippen LogP contribution is -2.51. The molecule has 3 heteroatoms. The number of para-hydroxylation sites is 1. The average molecular weight is 422 g/mol. The molecule has 0 aliphatic carbocycles. The van der Waals surface area contributed by atoms with E-state index in [0.29, 0.717) is 12.1 Å². The number of aromatic amines is 1. The Labute approximate surface area is 190 Å². The lowest BCUT2D eigenvalue weighted by Gasteiger charge is -2.47. The molecule has 3 aromatic carbocycles. The molecule has 0 unspecified atom stereocenters. The Morgan fingerprint density at radius 1 is 0.781 bits per heavy atom. The highest BCUT2D eigenvalue weighted by atomic mass is 15.3. The van der Waals surface area contributed by atoms with Crippen LogP contribution in [0.4, 0.5) is 0 Å². The van der Waals surface area contributed by atoms with Gasteiger partial charge in [-0.25, -0.2) is 0 Å². The standard InChI is InChI=1S/C29H31N3/c1-3-11-22(12-4-1)20-32-18-10-9-17-31-21-27-25(24-15-7-8-16-26(24)30-27)19-28(31)29(32)23-13-5-2-6-14-23/h1-8,11-16,28-30H,9-10,17-21H2/t28-,29-/m1/s1. The van der Waals surface area contributed by atoms with Crippen molar-refractivity contribution in [3.8, 4) is 0 Å². The van der Waals surface area contributed by atoms with Crippen molar-refractivity contribution in [3.05, 3.63) is 107 Å². The molecule has 0 radical (unpaired) electrons. The zero-order chi connectivity index (χ0) is 21.3. The number of nitrogens with zero attached hydrogens (tertiary/aromatic N) is 2. The molecule has 2 aliphatic rings. The zero-order valence-corrected chi connectivity index (χ0v) is 18.6. The lowest BCUT2D eigenvalue weighted by atomic mass is 9.86. The predicted octanol–water partition coefficient (Wildman–Crippen LogP) is 5.93. The number of rotatable bonds is 3. The fourth-order valence-corrected chi connectivity index (χ4v) is 5.93. The van der Waals surface area contributed by atoms with Gasteiger partial charge in [-0.15, -0.1) is 0 Å². The summed E-state index contributed by atoms with van der Waals surface area (Å²) in [5, 5.41) is 1.41. The van der Waals surface area contributed by atoms with Crippen LogP contribution in [-0.4, -0.2) is 33.9 Å². The van der Waals surface area contributed by atoms with Crippen molar-refractivity contribution in [2.45, 2.75) is 44.4 Å². The number of aromatic nitrogens is 1. The van der Waals surface area contributed by atoms with Crippen LogP contribution in [-0.2, 0) is 19.5 Å². The molecule has 162 valence electrons. The molecule has 1 fully saturated rings. The van der Waals surface area contributed by atoms with Crippen LogP contribution in [0.1, 0.15) is 41.3 Å². The molecule has 2 atom stereocenters. The summed E-state index contributed by atoms with van der Waals surface area (Å²) in [6, 6.07) is 31.9. The monoisotopic (exact) mass is 421 g/mol. The van der Waals surface area contributed by atoms with Gasteiger partial charge in [-0.2, -0.15) is 0 Å². The van der Waals surface area contributed by atoms with Crippen LogP contribution in [0.2, 0.25) is 0 Å². The van der Waals surface area contributed by atoms with Crippen molar-refractivity contribution in [3.63, 3.8) is 0 Å². The molecular formula is C29H31N3. The molecule has 0 amide bonds. The van der Waals surface area contributed by atoms with Crippen molar-refractivity contribution in [1.82, 2.24) is 14.8 Å². The molecule has 0 saturated carbocycles. The van der Waals surface area contributed by atoms with Gasteiger partial charge < -0.3 is 4.98 Å². The maximum Gasteiger partial charge on any atom is 0.0510 e. The molecule has 6 rings (SSSR count). The van der Waals surface area contributed by atoms with Gasteiger partial charge in [-0.1, -0.05) is 78.9 Å². The number of hydrogen-bond donors (Lipinski definition) is 1. The number of H-pyrrole nitrogens is 1. The molecule has 1 saturated heterocycles. The number of hydrogen-bond acceptors (Lipinski definition) is 2. The highest BCUT2D eigenvalue weighted by Crippen LogP contribution is 2.39. The molecule has 3 heterocycles. The maximum atomic E-state index is 3.74. The lowest BCUT2D eigenvalue weighted by molar-refractivity contribution is 0.0392. The summed E-state index contributed by atoms with van der Waals surface area (Å²) in [6.07, 6.45) is 3.61. The molecule has 3 nitrogen and oxygen atoms in total. The summed E-state index contributed by atoms with van der Waals surface area (Å²) in [6.45, 7) is 4.37. The molecule has 4 aromatic rings. The van der Waals surface area contributed by atoms with E-state index in [1.54, 1.807) is 0 Å². The largest absolute Gasteiger partial charge is 0.357 e. The quantitative estimate of drug-likeness (QED) is 0.443. The van der Waals surface area contributed by atoms with Crippen molar-refractivity contribution >= 4 is 10.9 Å². The minimum Gasteiger partial charge on any atom is -0.357 e. The van der Waals surface area contributed by atoms with E-state index < -0.39 is 0 Å². The fourth-order valence-electron chi connectivity index (χ4n) is 5.93. The van der Waals surface area contributed by atoms with Crippen LogP contribution in [0.3, 0.4) is 0 Å². The fraction of sp³-hybridized carbons (Fsp3) is 0.310. The third-order valence-corrected chi connectivity index (χ3v) is 7.41. The van der Waals surface area contributed by atoms with Gasteiger partial charge in [0.1, 0.15) is 0 Å². The Bertz CT molecular complexity index is 1180. The molecular weight excluding hydrogens is 390 g/mol. The van der Waals surface area contributed by atoms with Gasteiger partial charge in [0.15, 0.2) is 0 Å². The topological polar surface area (TPSA) is 22.3 Å². The van der Waals surface area contributed by atoms with Gasteiger partial charge in [0, 0.05) is 35.7 Å². The second-order valence-corrected chi connectivity index (χ2v) is 9.39. The van der Waals surface area contributed by atoms with E-state index >= 15 is 0 Å². The Hall–Kier alpha value is -2.88. The highest BCUT2D eigenvalue weighted by molar-refractivity contribution is 5.85. The summed E-state index contributed by atoms with van der Waals surface area (Å²) >= 11 is 0. The second kappa shape index (κ2) is 8.57. The van der Waals surface area contributed by atoms with E-state index in [1.807, 2.05) is 0 Å². The molecule has 0 bridgehead atoms. The van der Waals surface area contributed by atoms with Gasteiger partial charge >= 0.3 is 0 Å². The number of benzene rings is 3. The molecule has 1 aromatic heterocycles. The number of fused-ring (bicyclic) bond motifs is 4. The third kappa shape index (κ3) is 3.66. The SMILES string of the molecule is c1ccc(CN2CCCCN3Cc4[nH]c5ccccc5c4C[C@@H]3[C@H]2c2ccccc2)cc1. The molecule has 1 N–H and O–H groups in total. The summed E-state index contributed by atoms with van der Waals surface area (Å²) < 4.78 is 0. The van der Waals surface area contributed by atoms with Gasteiger partial charge in [0.25, 0.3) is 0 Å². The minimum atomic E-state index is 0.388. The van der Waals surface area contributed by atoms with Crippen molar-refractivity contribution in [2.75, 3.05) is 13.1 Å². The third-order valence-electron chi connectivity index (χ3n) is 7.41. The first-order valence-electron chi connectivity index (χ1n) is 12.0. The Kier molecular flexibility index (Phi) is 5.30. The second-order valence-electron chi connectivity index (χ2n) is 9.39. The van der Waals surface area contributed by atoms with E-state index in [0.717, 1.165) is 26.1 Å². The number of nitrogens with one attached hydrogen (secondary N) is 1. The Balaban J connectivity index is 1.43. The van der Waals surface area contributed by atoms with Crippen molar-refractivity contribution < 1.29 is 0 Å². The van der Waals surface area contributed by atoms with Gasteiger partial charge in [0.05, 0.1) is 6.04 Å². The smallest absolute Gasteiger partial charge is 0.0510 e. The summed E-state index contributed by atoms with van der Waals surface area (Å²) in [5.74, 6) is 0. The first kappa shape index (κ1) is 19.8. The normalized spacial score (nSPS) is 22.1. The van der Waals surface area contributed by atoms with E-state index in [2.05, 4.69) is 99.7 Å². The van der Waals surface area contributed by atoms with Crippen molar-refractivity contribution in [2.24, 2.45) is 0 Å². The van der Waals surface area contributed by atoms with Crippen molar-refractivity contribution in [1.29, 1.82) is 0 Å². The van der Waals surface area contributed by atoms with E-state index in [-0.39, 0.29) is 0 Å². The van der Waals surface area contributed by atoms with Gasteiger partial charge in [-0.3, -0.25) is 9.80 Å². The molecule has 2 aliphatic heterocycles. The highest BCUT2D eigenvalue weighted by Gasteiger charge is 2.38. The van der Waals surface area contributed by atoms with Crippen LogP contribution >= 0.6 is 0 Å². The van der Waals surface area contributed by atoms with Crippen LogP contribution in [0.15, 0.2) is 84.9 Å². The molecule has 32 heavy (non-hydrogen) atoms. The minimum absolute atomic E-state index is 0.388. The first-order chi connectivity index (χ1) is 15.9. The van der Waals surface area contributed by atoms with E-state index in [4.69, 9.17) is 0 Å². The summed E-state index contributed by atoms with van der Waals surface area (Å²) in [5.41, 5.74) is 7.09. The molecule has 0 spiro atoms. The predicted molar refractivity (Wildman–Crippen MR) is 131 cm³/mol. The average Bonchev–Trinajstić information content (AvgIpc) is 3.19. The van der Waals surface area contributed by atoms with E-state index in [1.165, 1.54) is 52.7 Å². The Morgan fingerprint density at radius 3 is 2.34 bits per heavy atom. The van der Waals surface area contributed by atoms with E-state index in [9.17, 15) is 0 Å². The summed E-state index contributed by atoms with van der Waals surface area (Å²) in [7, 11) is 0. The van der Waals surface area contributed by atoms with Crippen LogP contribution in [0, 0.1) is 0 Å². The van der Waals surface area contributed by atoms with Gasteiger partial charge in [0.2, 0.25) is 0 Å². The maximum absolute atomic E-state index is 3.74.